The Morgan fingerprint density at radius 2 is 2.20 bits per heavy atom. The summed E-state index contributed by atoms with van der Waals surface area (Å²) in [5.41, 5.74) is -0.629. The third kappa shape index (κ3) is 4.73. The number of hydrogen-bond acceptors (Lipinski definition) is 4. The minimum atomic E-state index is -0.629. The lowest BCUT2D eigenvalue weighted by Gasteiger charge is -2.27. The van der Waals surface area contributed by atoms with Crippen LogP contribution in [0.3, 0.4) is 0 Å². The predicted octanol–water partition coefficient (Wildman–Crippen LogP) is 2.04. The average molecular weight is 228 g/mol. The summed E-state index contributed by atoms with van der Waals surface area (Å²) < 4.78 is 0. The van der Waals surface area contributed by atoms with Crippen LogP contribution in [-0.2, 0) is 6.54 Å². The minimum Gasteiger partial charge on any atom is -0.389 e. The molecule has 0 aliphatic carbocycles. The molecule has 1 N–H and O–H groups in total. The van der Waals surface area contributed by atoms with E-state index in [9.17, 15) is 5.11 Å². The molecule has 0 saturated carbocycles. The fourth-order valence-corrected chi connectivity index (χ4v) is 2.36. The van der Waals surface area contributed by atoms with Crippen LogP contribution in [0.25, 0.3) is 0 Å². The van der Waals surface area contributed by atoms with E-state index in [2.05, 4.69) is 16.8 Å². The fraction of sp³-hybridized carbons (Fsp3) is 0.727. The van der Waals surface area contributed by atoms with E-state index in [1.807, 2.05) is 27.0 Å². The summed E-state index contributed by atoms with van der Waals surface area (Å²) in [5, 5.41) is 10.8. The number of hydrogen-bond donors (Lipinski definition) is 1. The van der Waals surface area contributed by atoms with Gasteiger partial charge in [0.05, 0.1) is 10.6 Å². The number of aromatic nitrogens is 1. The van der Waals surface area contributed by atoms with Crippen molar-refractivity contribution in [2.24, 2.45) is 0 Å². The molecule has 0 aliphatic heterocycles. The van der Waals surface area contributed by atoms with E-state index in [0.717, 1.165) is 18.1 Å². The first-order valence-corrected chi connectivity index (χ1v) is 6.08. The van der Waals surface area contributed by atoms with Gasteiger partial charge in [0, 0.05) is 24.2 Å². The van der Waals surface area contributed by atoms with E-state index in [1.165, 1.54) is 4.88 Å². The molecule has 1 rings (SSSR count). The normalized spacial score (nSPS) is 12.4. The third-order valence-corrected chi connectivity index (χ3v) is 3.00. The smallest absolute Gasteiger partial charge is 0.0897 e. The van der Waals surface area contributed by atoms with Crippen LogP contribution in [0.1, 0.15) is 30.7 Å². The Labute approximate surface area is 95.8 Å². The molecule has 0 saturated heterocycles. The second kappa shape index (κ2) is 5.05. The molecule has 0 atom stereocenters. The maximum absolute atomic E-state index is 9.75. The predicted molar refractivity (Wildman–Crippen MR) is 64.1 cm³/mol. The van der Waals surface area contributed by atoms with Crippen molar-refractivity contribution in [2.75, 3.05) is 13.1 Å². The summed E-state index contributed by atoms with van der Waals surface area (Å²) in [6, 6.07) is 0. The summed E-state index contributed by atoms with van der Waals surface area (Å²) >= 11 is 1.72. The topological polar surface area (TPSA) is 36.4 Å². The fourth-order valence-electron chi connectivity index (χ4n) is 1.53. The first-order valence-electron chi connectivity index (χ1n) is 5.27. The zero-order valence-electron chi connectivity index (χ0n) is 9.95. The Kier molecular flexibility index (Phi) is 4.25. The van der Waals surface area contributed by atoms with Crippen molar-refractivity contribution in [2.45, 2.75) is 39.8 Å². The lowest BCUT2D eigenvalue weighted by molar-refractivity contribution is 0.0356. The van der Waals surface area contributed by atoms with Gasteiger partial charge in [-0.05, 0) is 27.3 Å². The molecule has 3 nitrogen and oxygen atoms in total. The Balaban J connectivity index is 2.54. The number of rotatable bonds is 5. The first-order chi connectivity index (χ1) is 6.90. The third-order valence-electron chi connectivity index (χ3n) is 2.11. The molecule has 1 aromatic heterocycles. The van der Waals surface area contributed by atoms with Crippen LogP contribution in [0.15, 0.2) is 6.20 Å². The number of nitrogens with zero attached hydrogens (tertiary/aromatic N) is 2. The molecule has 0 aromatic carbocycles. The molecule has 0 spiro atoms. The molecule has 0 bridgehead atoms. The van der Waals surface area contributed by atoms with Crippen molar-refractivity contribution in [1.29, 1.82) is 0 Å². The van der Waals surface area contributed by atoms with Gasteiger partial charge in [-0.3, -0.25) is 4.90 Å². The van der Waals surface area contributed by atoms with Gasteiger partial charge in [0.1, 0.15) is 0 Å². The van der Waals surface area contributed by atoms with Gasteiger partial charge in [0.2, 0.25) is 0 Å². The maximum Gasteiger partial charge on any atom is 0.0897 e. The SMILES string of the molecule is CCN(Cc1cnc(C)s1)CC(C)(C)O. The Morgan fingerprint density at radius 1 is 1.53 bits per heavy atom. The van der Waals surface area contributed by atoms with E-state index in [4.69, 9.17) is 0 Å². The molecule has 86 valence electrons. The molecular weight excluding hydrogens is 208 g/mol. The highest BCUT2D eigenvalue weighted by molar-refractivity contribution is 7.11. The van der Waals surface area contributed by atoms with Crippen LogP contribution < -0.4 is 0 Å². The van der Waals surface area contributed by atoms with Crippen LogP contribution in [0.5, 0.6) is 0 Å². The van der Waals surface area contributed by atoms with Gasteiger partial charge in [-0.2, -0.15) is 0 Å². The second-order valence-corrected chi connectivity index (χ2v) is 5.78. The number of thiazole rings is 1. The highest BCUT2D eigenvalue weighted by atomic mass is 32.1. The van der Waals surface area contributed by atoms with Crippen molar-refractivity contribution in [3.05, 3.63) is 16.1 Å². The molecule has 15 heavy (non-hydrogen) atoms. The molecule has 0 radical (unpaired) electrons. The number of aliphatic hydroxyl groups is 1. The summed E-state index contributed by atoms with van der Waals surface area (Å²) in [5.74, 6) is 0. The summed E-state index contributed by atoms with van der Waals surface area (Å²) in [6.45, 7) is 10.3. The van der Waals surface area contributed by atoms with Crippen molar-refractivity contribution >= 4 is 11.3 Å². The molecule has 0 unspecified atom stereocenters. The van der Waals surface area contributed by atoms with Gasteiger partial charge >= 0.3 is 0 Å². The zero-order chi connectivity index (χ0) is 11.5. The highest BCUT2D eigenvalue weighted by Gasteiger charge is 2.17. The summed E-state index contributed by atoms with van der Waals surface area (Å²) in [7, 11) is 0. The average Bonchev–Trinajstić information content (AvgIpc) is 2.47. The Bertz CT molecular complexity index is 304. The highest BCUT2D eigenvalue weighted by Crippen LogP contribution is 2.15. The summed E-state index contributed by atoms with van der Waals surface area (Å²) in [6.07, 6.45) is 1.92. The van der Waals surface area contributed by atoms with Gasteiger partial charge in [0.25, 0.3) is 0 Å². The molecule has 0 fully saturated rings. The number of aryl methyl sites for hydroxylation is 1. The standard InChI is InChI=1S/C11H20N2OS/c1-5-13(8-11(3,4)14)7-10-6-12-9(2)15-10/h6,14H,5,7-8H2,1-4H3. The summed E-state index contributed by atoms with van der Waals surface area (Å²) in [4.78, 5) is 7.72. The minimum absolute atomic E-state index is 0.629. The van der Waals surface area contributed by atoms with E-state index >= 15 is 0 Å². The first kappa shape index (κ1) is 12.6. The molecule has 1 heterocycles. The Hall–Kier alpha value is -0.450. The van der Waals surface area contributed by atoms with Crippen molar-refractivity contribution in [3.8, 4) is 0 Å². The quantitative estimate of drug-likeness (QED) is 0.838. The van der Waals surface area contributed by atoms with Crippen LogP contribution in [0, 0.1) is 6.92 Å². The molecule has 0 aliphatic rings. The maximum atomic E-state index is 9.75. The second-order valence-electron chi connectivity index (χ2n) is 4.46. The van der Waals surface area contributed by atoms with Crippen LogP contribution in [0.2, 0.25) is 0 Å². The van der Waals surface area contributed by atoms with Gasteiger partial charge < -0.3 is 5.11 Å². The lowest BCUT2D eigenvalue weighted by atomic mass is 10.1. The van der Waals surface area contributed by atoms with Crippen molar-refractivity contribution in [1.82, 2.24) is 9.88 Å². The van der Waals surface area contributed by atoms with E-state index in [0.29, 0.717) is 6.54 Å². The van der Waals surface area contributed by atoms with E-state index in [-0.39, 0.29) is 0 Å². The monoisotopic (exact) mass is 228 g/mol. The Morgan fingerprint density at radius 3 is 2.60 bits per heavy atom. The largest absolute Gasteiger partial charge is 0.389 e. The van der Waals surface area contributed by atoms with E-state index < -0.39 is 5.60 Å². The molecular formula is C11H20N2OS. The molecule has 1 aromatic rings. The van der Waals surface area contributed by atoms with Crippen molar-refractivity contribution in [3.63, 3.8) is 0 Å². The molecule has 4 heteroatoms. The number of likely N-dealkylation sites (N-methyl/N-ethyl adjacent to an activating group) is 1. The van der Waals surface area contributed by atoms with Gasteiger partial charge in [-0.1, -0.05) is 6.92 Å². The van der Waals surface area contributed by atoms with Crippen LogP contribution in [0.4, 0.5) is 0 Å². The van der Waals surface area contributed by atoms with Gasteiger partial charge in [0.15, 0.2) is 0 Å². The van der Waals surface area contributed by atoms with Crippen molar-refractivity contribution < 1.29 is 5.11 Å². The van der Waals surface area contributed by atoms with Crippen LogP contribution >= 0.6 is 11.3 Å². The van der Waals surface area contributed by atoms with E-state index in [1.54, 1.807) is 11.3 Å². The van der Waals surface area contributed by atoms with Crippen LogP contribution in [-0.4, -0.2) is 33.7 Å². The molecule has 0 amide bonds. The van der Waals surface area contributed by atoms with Gasteiger partial charge in [-0.15, -0.1) is 11.3 Å². The lowest BCUT2D eigenvalue weighted by Crippen LogP contribution is -2.37. The zero-order valence-corrected chi connectivity index (χ0v) is 10.8. The van der Waals surface area contributed by atoms with Gasteiger partial charge in [-0.25, -0.2) is 4.98 Å².